The highest BCUT2D eigenvalue weighted by Crippen LogP contribution is 2.44. The van der Waals surface area contributed by atoms with Gasteiger partial charge in [-0.2, -0.15) is 0 Å². The fourth-order valence-electron chi connectivity index (χ4n) is 4.11. The molecule has 9 nitrogen and oxygen atoms in total. The molecule has 9 heteroatoms. The highest BCUT2D eigenvalue weighted by molar-refractivity contribution is 5.93. The Kier molecular flexibility index (Phi) is 6.44. The van der Waals surface area contributed by atoms with Crippen LogP contribution in [0, 0.1) is 0 Å². The van der Waals surface area contributed by atoms with Crippen LogP contribution in [0.4, 0.5) is 4.79 Å². The lowest BCUT2D eigenvalue weighted by Crippen LogP contribution is -2.34. The van der Waals surface area contributed by atoms with Crippen LogP contribution < -0.4 is 10.9 Å². The predicted octanol–water partition coefficient (Wildman–Crippen LogP) is 2.87. The summed E-state index contributed by atoms with van der Waals surface area (Å²) in [5.41, 5.74) is 2.96. The number of fused-ring (bicyclic) bond motifs is 3. The van der Waals surface area contributed by atoms with Crippen molar-refractivity contribution in [2.24, 2.45) is 0 Å². The molecular weight excluding hydrogens is 440 g/mol. The number of aromatic nitrogens is 1. The second-order valence-corrected chi connectivity index (χ2v) is 7.69. The molecule has 0 saturated heterocycles. The minimum absolute atomic E-state index is 0.0136. The number of pyridine rings is 1. The Balaban J connectivity index is 1.40. The summed E-state index contributed by atoms with van der Waals surface area (Å²) >= 11 is 0. The molecule has 2 aromatic carbocycles. The van der Waals surface area contributed by atoms with E-state index in [-0.39, 0.29) is 31.2 Å². The number of carbonyl (C=O) groups excluding carboxylic acids is 2. The molecule has 174 valence electrons. The zero-order valence-corrected chi connectivity index (χ0v) is 18.3. The number of hydrogen-bond donors (Lipinski definition) is 2. The molecule has 0 unspecified atom stereocenters. The lowest BCUT2D eigenvalue weighted by molar-refractivity contribution is 0.0599. The van der Waals surface area contributed by atoms with Gasteiger partial charge in [0, 0.05) is 25.2 Å². The third-order valence-electron chi connectivity index (χ3n) is 5.70. The molecule has 0 atom stereocenters. The van der Waals surface area contributed by atoms with E-state index in [4.69, 9.17) is 4.74 Å². The zero-order chi connectivity index (χ0) is 24.2. The Hall–Kier alpha value is -4.40. The highest BCUT2D eigenvalue weighted by atomic mass is 16.5. The number of aromatic carboxylic acids is 1. The second kappa shape index (κ2) is 9.62. The topological polar surface area (TPSA) is 124 Å². The van der Waals surface area contributed by atoms with Crippen LogP contribution in [0.1, 0.15) is 37.8 Å². The van der Waals surface area contributed by atoms with E-state index in [1.807, 2.05) is 48.5 Å². The molecular formula is C25H22N2O7. The van der Waals surface area contributed by atoms with Crippen molar-refractivity contribution in [3.8, 4) is 11.1 Å². The van der Waals surface area contributed by atoms with Crippen LogP contribution in [0.5, 0.6) is 0 Å². The van der Waals surface area contributed by atoms with Crippen LogP contribution in [0.2, 0.25) is 0 Å². The molecule has 4 rings (SSSR count). The van der Waals surface area contributed by atoms with Gasteiger partial charge in [-0.05, 0) is 28.3 Å². The molecule has 1 aliphatic carbocycles. The SMILES string of the molecule is COC(=O)c1cc(C(=O)O)c(=O)n(CCNC(=O)OCC2c3ccccc3-c3ccccc32)c1. The maximum absolute atomic E-state index is 12.4. The highest BCUT2D eigenvalue weighted by Gasteiger charge is 2.29. The summed E-state index contributed by atoms with van der Waals surface area (Å²) in [5, 5.41) is 11.8. The van der Waals surface area contributed by atoms with Crippen LogP contribution in [0.15, 0.2) is 65.6 Å². The first-order valence-corrected chi connectivity index (χ1v) is 10.6. The molecule has 0 radical (unpaired) electrons. The Morgan fingerprint density at radius 3 is 2.24 bits per heavy atom. The van der Waals surface area contributed by atoms with E-state index in [0.29, 0.717) is 0 Å². The monoisotopic (exact) mass is 462 g/mol. The van der Waals surface area contributed by atoms with E-state index < -0.39 is 29.2 Å². The van der Waals surface area contributed by atoms with Crippen LogP contribution in [-0.4, -0.2) is 48.0 Å². The molecule has 0 bridgehead atoms. The maximum Gasteiger partial charge on any atom is 0.407 e. The third-order valence-corrected chi connectivity index (χ3v) is 5.70. The minimum atomic E-state index is -1.46. The number of methoxy groups -OCH3 is 1. The Bertz CT molecular complexity index is 1280. The van der Waals surface area contributed by atoms with E-state index in [1.165, 1.54) is 6.20 Å². The van der Waals surface area contributed by atoms with Crippen LogP contribution in [0.25, 0.3) is 11.1 Å². The average molecular weight is 462 g/mol. The van der Waals surface area contributed by atoms with E-state index in [0.717, 1.165) is 40.0 Å². The van der Waals surface area contributed by atoms with Crippen molar-refractivity contribution in [3.05, 3.63) is 93.4 Å². The number of benzene rings is 2. The van der Waals surface area contributed by atoms with E-state index >= 15 is 0 Å². The number of carbonyl (C=O) groups is 3. The van der Waals surface area contributed by atoms with E-state index in [2.05, 4.69) is 10.1 Å². The molecule has 0 fully saturated rings. The number of ether oxygens (including phenoxy) is 2. The Labute approximate surface area is 194 Å². The molecule has 3 aromatic rings. The molecule has 0 saturated carbocycles. The lowest BCUT2D eigenvalue weighted by Gasteiger charge is -2.15. The number of esters is 1. The number of rotatable bonds is 7. The number of carboxylic acid groups (broad SMARTS) is 1. The van der Waals surface area contributed by atoms with Crippen molar-refractivity contribution in [2.45, 2.75) is 12.5 Å². The first-order chi connectivity index (χ1) is 16.4. The fraction of sp³-hybridized carbons (Fsp3) is 0.200. The summed E-state index contributed by atoms with van der Waals surface area (Å²) in [6, 6.07) is 16.9. The number of amides is 1. The summed E-state index contributed by atoms with van der Waals surface area (Å²) in [7, 11) is 1.15. The number of carboxylic acids is 1. The van der Waals surface area contributed by atoms with Crippen LogP contribution in [-0.2, 0) is 16.0 Å². The van der Waals surface area contributed by atoms with Gasteiger partial charge in [0.1, 0.15) is 12.2 Å². The van der Waals surface area contributed by atoms with Gasteiger partial charge in [0.05, 0.1) is 12.7 Å². The quantitative estimate of drug-likeness (QED) is 0.518. The van der Waals surface area contributed by atoms with Gasteiger partial charge in [-0.3, -0.25) is 4.79 Å². The molecule has 1 amide bonds. The number of nitrogens with one attached hydrogen (secondary N) is 1. The number of hydrogen-bond acceptors (Lipinski definition) is 6. The minimum Gasteiger partial charge on any atom is -0.477 e. The zero-order valence-electron chi connectivity index (χ0n) is 18.3. The Morgan fingerprint density at radius 1 is 1.03 bits per heavy atom. The fourth-order valence-corrected chi connectivity index (χ4v) is 4.11. The average Bonchev–Trinajstić information content (AvgIpc) is 3.16. The van der Waals surface area contributed by atoms with Gasteiger partial charge in [-0.1, -0.05) is 48.5 Å². The maximum atomic E-state index is 12.4. The van der Waals surface area contributed by atoms with E-state index in [1.54, 1.807) is 0 Å². The summed E-state index contributed by atoms with van der Waals surface area (Å²) < 4.78 is 11.1. The summed E-state index contributed by atoms with van der Waals surface area (Å²) in [6.07, 6.45) is 0.525. The molecule has 0 spiro atoms. The number of alkyl carbamates (subject to hydrolysis) is 1. The van der Waals surface area contributed by atoms with Gasteiger partial charge in [-0.15, -0.1) is 0 Å². The molecule has 1 aliphatic rings. The van der Waals surface area contributed by atoms with Gasteiger partial charge in [0.15, 0.2) is 0 Å². The van der Waals surface area contributed by atoms with Gasteiger partial charge in [-0.25, -0.2) is 14.4 Å². The van der Waals surface area contributed by atoms with Crippen molar-refractivity contribution < 1.29 is 29.0 Å². The summed E-state index contributed by atoms with van der Waals surface area (Å²) in [5.74, 6) is -2.33. The molecule has 2 N–H and O–H groups in total. The van der Waals surface area contributed by atoms with Crippen molar-refractivity contribution in [2.75, 3.05) is 20.3 Å². The van der Waals surface area contributed by atoms with Crippen molar-refractivity contribution in [3.63, 3.8) is 0 Å². The normalized spacial score (nSPS) is 11.9. The van der Waals surface area contributed by atoms with Gasteiger partial charge >= 0.3 is 18.0 Å². The van der Waals surface area contributed by atoms with Crippen LogP contribution in [0.3, 0.4) is 0 Å². The lowest BCUT2D eigenvalue weighted by atomic mass is 9.98. The summed E-state index contributed by atoms with van der Waals surface area (Å²) in [6.45, 7) is 0.0647. The van der Waals surface area contributed by atoms with Gasteiger partial charge < -0.3 is 24.5 Å². The molecule has 34 heavy (non-hydrogen) atoms. The second-order valence-electron chi connectivity index (χ2n) is 7.69. The third kappa shape index (κ3) is 4.40. The van der Waals surface area contributed by atoms with Gasteiger partial charge in [0.2, 0.25) is 0 Å². The van der Waals surface area contributed by atoms with Crippen molar-refractivity contribution >= 4 is 18.0 Å². The molecule has 0 aliphatic heterocycles. The largest absolute Gasteiger partial charge is 0.477 e. The molecule has 1 aromatic heterocycles. The van der Waals surface area contributed by atoms with Crippen molar-refractivity contribution in [1.82, 2.24) is 9.88 Å². The smallest absolute Gasteiger partial charge is 0.407 e. The van der Waals surface area contributed by atoms with Crippen LogP contribution >= 0.6 is 0 Å². The van der Waals surface area contributed by atoms with Crippen molar-refractivity contribution in [1.29, 1.82) is 0 Å². The Morgan fingerprint density at radius 2 is 1.65 bits per heavy atom. The predicted molar refractivity (Wildman–Crippen MR) is 122 cm³/mol. The molecule has 1 heterocycles. The van der Waals surface area contributed by atoms with E-state index in [9.17, 15) is 24.3 Å². The van der Waals surface area contributed by atoms with Gasteiger partial charge in [0.25, 0.3) is 5.56 Å². The first-order valence-electron chi connectivity index (χ1n) is 10.6. The summed E-state index contributed by atoms with van der Waals surface area (Å²) in [4.78, 5) is 47.8. The first kappa shape index (κ1) is 22.8. The standard InChI is InChI=1S/C25H22N2O7/c1-33-24(31)15-12-20(23(29)30)22(28)27(13-15)11-10-26-25(32)34-14-21-18-8-4-2-6-16(18)17-7-3-5-9-19(17)21/h2-9,12-13,21H,10-11,14H2,1H3,(H,26,32)(H,29,30). The number of nitrogens with zero attached hydrogens (tertiary/aromatic N) is 1.